The van der Waals surface area contributed by atoms with E-state index in [1.165, 1.54) is 13.3 Å². The van der Waals surface area contributed by atoms with Crippen molar-refractivity contribution in [3.8, 4) is 22.8 Å². The van der Waals surface area contributed by atoms with Crippen molar-refractivity contribution in [2.75, 3.05) is 20.3 Å². The van der Waals surface area contributed by atoms with Gasteiger partial charge in [-0.25, -0.2) is 9.78 Å². The van der Waals surface area contributed by atoms with Gasteiger partial charge in [0.05, 0.1) is 25.9 Å². The van der Waals surface area contributed by atoms with Crippen LogP contribution < -0.4 is 9.47 Å². The van der Waals surface area contributed by atoms with E-state index in [-0.39, 0.29) is 11.7 Å². The average molecular weight is 315 g/mol. The predicted molar refractivity (Wildman–Crippen MR) is 83.0 cm³/mol. The van der Waals surface area contributed by atoms with Crippen LogP contribution in [-0.2, 0) is 4.74 Å². The maximum absolute atomic E-state index is 11.1. The van der Waals surface area contributed by atoms with Crippen molar-refractivity contribution in [1.82, 2.24) is 4.98 Å². The molecule has 1 saturated heterocycles. The molecule has 6 nitrogen and oxygen atoms in total. The number of aromatic nitrogens is 1. The fourth-order valence-corrected chi connectivity index (χ4v) is 2.45. The lowest BCUT2D eigenvalue weighted by Gasteiger charge is -2.13. The van der Waals surface area contributed by atoms with Crippen LogP contribution >= 0.6 is 0 Å². The van der Waals surface area contributed by atoms with Crippen LogP contribution in [0.3, 0.4) is 0 Å². The van der Waals surface area contributed by atoms with Gasteiger partial charge in [-0.1, -0.05) is 12.1 Å². The minimum atomic E-state index is -1.03. The zero-order valence-corrected chi connectivity index (χ0v) is 12.7. The van der Waals surface area contributed by atoms with Crippen molar-refractivity contribution in [1.29, 1.82) is 0 Å². The Morgan fingerprint density at radius 2 is 2.13 bits per heavy atom. The third-order valence-electron chi connectivity index (χ3n) is 3.65. The monoisotopic (exact) mass is 315 g/mol. The molecule has 0 aliphatic carbocycles. The Bertz CT molecular complexity index is 693. The number of aromatic carboxylic acids is 1. The van der Waals surface area contributed by atoms with Crippen molar-refractivity contribution < 1.29 is 24.1 Å². The summed E-state index contributed by atoms with van der Waals surface area (Å²) in [6, 6.07) is 8.96. The molecule has 1 atom stereocenters. The fourth-order valence-electron chi connectivity index (χ4n) is 2.45. The molecule has 1 aromatic carbocycles. The molecule has 0 saturated carbocycles. The largest absolute Gasteiger partial charge is 0.488 e. The molecule has 2 aromatic rings. The van der Waals surface area contributed by atoms with E-state index in [0.29, 0.717) is 18.1 Å². The molecular formula is C17H17NO5. The highest BCUT2D eigenvalue weighted by atomic mass is 16.5. The summed E-state index contributed by atoms with van der Waals surface area (Å²) < 4.78 is 16.3. The summed E-state index contributed by atoms with van der Waals surface area (Å²) in [5.41, 5.74) is 1.56. The first kappa shape index (κ1) is 15.3. The zero-order chi connectivity index (χ0) is 16.2. The Morgan fingerprint density at radius 1 is 1.35 bits per heavy atom. The first-order valence-corrected chi connectivity index (χ1v) is 7.29. The van der Waals surface area contributed by atoms with Crippen molar-refractivity contribution in [2.45, 2.75) is 12.5 Å². The van der Waals surface area contributed by atoms with Gasteiger partial charge in [0.1, 0.15) is 11.9 Å². The molecule has 0 spiro atoms. The summed E-state index contributed by atoms with van der Waals surface area (Å²) in [5.74, 6) is 0.112. The third-order valence-corrected chi connectivity index (χ3v) is 3.65. The molecule has 0 radical (unpaired) electrons. The van der Waals surface area contributed by atoms with Gasteiger partial charge in [-0.2, -0.15) is 0 Å². The van der Waals surface area contributed by atoms with Crippen molar-refractivity contribution in [3.05, 3.63) is 42.1 Å². The number of methoxy groups -OCH3 is 1. The minimum absolute atomic E-state index is 0.0902. The van der Waals surface area contributed by atoms with E-state index in [0.717, 1.165) is 24.3 Å². The Labute approximate surface area is 133 Å². The number of ether oxygens (including phenoxy) is 3. The van der Waals surface area contributed by atoms with Gasteiger partial charge in [0.2, 0.25) is 5.88 Å². The van der Waals surface area contributed by atoms with Crippen LogP contribution in [-0.4, -0.2) is 42.5 Å². The van der Waals surface area contributed by atoms with Crippen LogP contribution in [0.2, 0.25) is 0 Å². The highest BCUT2D eigenvalue weighted by molar-refractivity contribution is 5.89. The molecule has 1 aliphatic rings. The van der Waals surface area contributed by atoms with Crippen LogP contribution in [0.25, 0.3) is 11.1 Å². The fraction of sp³-hybridized carbons (Fsp3) is 0.294. The molecule has 6 heteroatoms. The van der Waals surface area contributed by atoms with Crippen LogP contribution in [0, 0.1) is 0 Å². The lowest BCUT2D eigenvalue weighted by Crippen LogP contribution is -2.15. The number of benzene rings is 1. The van der Waals surface area contributed by atoms with Crippen LogP contribution in [0.4, 0.5) is 0 Å². The van der Waals surface area contributed by atoms with E-state index in [1.54, 1.807) is 6.07 Å². The van der Waals surface area contributed by atoms with Crippen molar-refractivity contribution in [2.24, 2.45) is 0 Å². The molecule has 1 unspecified atom stereocenters. The van der Waals surface area contributed by atoms with E-state index in [2.05, 4.69) is 4.98 Å². The third kappa shape index (κ3) is 3.43. The number of hydrogen-bond donors (Lipinski definition) is 1. The zero-order valence-electron chi connectivity index (χ0n) is 12.7. The van der Waals surface area contributed by atoms with Gasteiger partial charge < -0.3 is 19.3 Å². The second kappa shape index (κ2) is 6.66. The van der Waals surface area contributed by atoms with E-state index < -0.39 is 5.97 Å². The summed E-state index contributed by atoms with van der Waals surface area (Å²) in [4.78, 5) is 15.2. The van der Waals surface area contributed by atoms with Gasteiger partial charge in [-0.15, -0.1) is 0 Å². The molecule has 1 fully saturated rings. The molecule has 0 bridgehead atoms. The lowest BCUT2D eigenvalue weighted by molar-refractivity contribution is 0.0696. The van der Waals surface area contributed by atoms with Gasteiger partial charge in [0.15, 0.2) is 0 Å². The second-order valence-electron chi connectivity index (χ2n) is 5.21. The maximum atomic E-state index is 11.1. The van der Waals surface area contributed by atoms with Crippen molar-refractivity contribution in [3.63, 3.8) is 0 Å². The van der Waals surface area contributed by atoms with Crippen LogP contribution in [0.15, 0.2) is 36.5 Å². The molecule has 1 aliphatic heterocycles. The molecule has 0 amide bonds. The molecule has 3 rings (SSSR count). The number of hydrogen-bond acceptors (Lipinski definition) is 5. The van der Waals surface area contributed by atoms with Gasteiger partial charge in [0, 0.05) is 18.2 Å². The Kier molecular flexibility index (Phi) is 4.43. The Morgan fingerprint density at radius 3 is 2.74 bits per heavy atom. The number of rotatable bonds is 5. The first-order valence-electron chi connectivity index (χ1n) is 7.29. The van der Waals surface area contributed by atoms with Gasteiger partial charge >= 0.3 is 5.97 Å². The average Bonchev–Trinajstić information content (AvgIpc) is 3.08. The highest BCUT2D eigenvalue weighted by Crippen LogP contribution is 2.30. The standard InChI is InChI=1S/C17H17NO5/c1-21-16-15(8-12(9-18-16)17(19)20)11-2-4-13(5-3-11)23-14-6-7-22-10-14/h2-5,8-9,14H,6-7,10H2,1H3,(H,19,20). The van der Waals surface area contributed by atoms with E-state index in [4.69, 9.17) is 19.3 Å². The number of carbonyl (C=O) groups is 1. The lowest BCUT2D eigenvalue weighted by atomic mass is 10.1. The number of carboxylic acid groups (broad SMARTS) is 1. The Hall–Kier alpha value is -2.60. The van der Waals surface area contributed by atoms with Gasteiger partial charge in [-0.3, -0.25) is 0 Å². The highest BCUT2D eigenvalue weighted by Gasteiger charge is 2.17. The molecule has 120 valence electrons. The summed E-state index contributed by atoms with van der Waals surface area (Å²) in [6.45, 7) is 1.34. The normalized spacial score (nSPS) is 17.0. The van der Waals surface area contributed by atoms with E-state index >= 15 is 0 Å². The van der Waals surface area contributed by atoms with E-state index in [9.17, 15) is 4.79 Å². The quantitative estimate of drug-likeness (QED) is 0.914. The summed E-state index contributed by atoms with van der Waals surface area (Å²) in [7, 11) is 1.50. The van der Waals surface area contributed by atoms with Crippen molar-refractivity contribution >= 4 is 5.97 Å². The molecule has 1 aromatic heterocycles. The summed E-state index contributed by atoms with van der Waals surface area (Å²) in [6.07, 6.45) is 2.26. The molecular weight excluding hydrogens is 298 g/mol. The summed E-state index contributed by atoms with van der Waals surface area (Å²) in [5, 5.41) is 9.11. The van der Waals surface area contributed by atoms with Gasteiger partial charge in [0.25, 0.3) is 0 Å². The topological polar surface area (TPSA) is 77.9 Å². The smallest absolute Gasteiger partial charge is 0.337 e. The molecule has 23 heavy (non-hydrogen) atoms. The van der Waals surface area contributed by atoms with Gasteiger partial charge in [-0.05, 0) is 23.8 Å². The number of nitrogens with zero attached hydrogens (tertiary/aromatic N) is 1. The molecule has 1 N–H and O–H groups in total. The van der Waals surface area contributed by atoms with E-state index in [1.807, 2.05) is 24.3 Å². The summed E-state index contributed by atoms with van der Waals surface area (Å²) >= 11 is 0. The first-order chi connectivity index (χ1) is 11.2. The SMILES string of the molecule is COc1ncc(C(=O)O)cc1-c1ccc(OC2CCOC2)cc1. The minimum Gasteiger partial charge on any atom is -0.488 e. The molecule has 2 heterocycles. The van der Waals surface area contributed by atoms with Crippen LogP contribution in [0.5, 0.6) is 11.6 Å². The Balaban J connectivity index is 1.85. The van der Waals surface area contributed by atoms with Crippen LogP contribution in [0.1, 0.15) is 16.8 Å². The predicted octanol–water partition coefficient (Wildman–Crippen LogP) is 2.62. The maximum Gasteiger partial charge on any atom is 0.337 e. The number of carboxylic acids is 1. The number of pyridine rings is 1. The second-order valence-corrected chi connectivity index (χ2v) is 5.21.